The second kappa shape index (κ2) is 11.0. The largest absolute Gasteiger partial charge is 0.464 e. The van der Waals surface area contributed by atoms with Crippen molar-refractivity contribution < 1.29 is 18.7 Å². The first-order chi connectivity index (χ1) is 17.9. The number of esters is 1. The number of nitrogens with zero attached hydrogens (tertiary/aromatic N) is 2. The van der Waals surface area contributed by atoms with Crippen LogP contribution in [0, 0.1) is 5.82 Å². The minimum atomic E-state index is -0.676. The molecule has 3 aromatic rings. The Morgan fingerprint density at radius 2 is 2.05 bits per heavy atom. The van der Waals surface area contributed by atoms with Crippen LogP contribution in [-0.2, 0) is 22.4 Å². The van der Waals surface area contributed by atoms with Crippen molar-refractivity contribution in [1.29, 1.82) is 0 Å². The fraction of sp³-hybridized carbons (Fsp3) is 0.280. The maximum Gasteiger partial charge on any atom is 0.328 e. The molecule has 37 heavy (non-hydrogen) atoms. The quantitative estimate of drug-likeness (QED) is 0.134. The number of carbonyl (C=O) groups excluding carboxylic acids is 2. The van der Waals surface area contributed by atoms with Crippen molar-refractivity contribution in [2.45, 2.75) is 36.8 Å². The molecule has 1 aliphatic heterocycles. The molecule has 3 atom stereocenters. The van der Waals surface area contributed by atoms with Crippen LogP contribution in [-0.4, -0.2) is 40.0 Å². The second-order valence-electron chi connectivity index (χ2n) is 8.69. The van der Waals surface area contributed by atoms with Crippen molar-refractivity contribution in [2.24, 2.45) is 0 Å². The summed E-state index contributed by atoms with van der Waals surface area (Å²) in [5.74, 6) is -0.976. The summed E-state index contributed by atoms with van der Waals surface area (Å²) in [6.45, 7) is 0.278. The van der Waals surface area contributed by atoms with E-state index in [0.717, 1.165) is 35.2 Å². The first kappa shape index (κ1) is 25.4. The predicted molar refractivity (Wildman–Crippen MR) is 139 cm³/mol. The first-order valence-electron chi connectivity index (χ1n) is 11.7. The zero-order valence-electron chi connectivity index (χ0n) is 19.5. The van der Waals surface area contributed by atoms with E-state index in [4.69, 9.17) is 16.3 Å². The van der Waals surface area contributed by atoms with Crippen molar-refractivity contribution in [3.63, 3.8) is 0 Å². The Bertz CT molecular complexity index is 1350. The van der Waals surface area contributed by atoms with Gasteiger partial charge in [-0.25, -0.2) is 19.6 Å². The number of aromatic nitrogens is 2. The highest BCUT2D eigenvalue weighted by Crippen LogP contribution is 2.32. The highest BCUT2D eigenvalue weighted by molar-refractivity contribution is 7.80. The van der Waals surface area contributed by atoms with E-state index < -0.39 is 23.4 Å². The molecule has 1 aromatic carbocycles. The minimum Gasteiger partial charge on any atom is -0.464 e. The molecular weight excluding hydrogens is 519 g/mol. The zero-order chi connectivity index (χ0) is 25.9. The Balaban J connectivity index is 1.26. The van der Waals surface area contributed by atoms with Crippen LogP contribution in [0.5, 0.6) is 0 Å². The predicted octanol–water partition coefficient (Wildman–Crippen LogP) is 2.92. The Morgan fingerprint density at radius 3 is 2.84 bits per heavy atom. The van der Waals surface area contributed by atoms with Crippen molar-refractivity contribution >= 4 is 41.9 Å². The van der Waals surface area contributed by atoms with Gasteiger partial charge in [-0.15, -0.1) is 12.6 Å². The van der Waals surface area contributed by atoms with Gasteiger partial charge in [0.25, 0.3) is 5.91 Å². The molecule has 3 heterocycles. The molecule has 192 valence electrons. The maximum absolute atomic E-state index is 14.2. The molecule has 0 radical (unpaired) electrons. The SMILES string of the molecule is O=C(NC1CCOC1=O)c1cnc(NNC(S)NC2c3cc(F)ccc3CCc3ncccc32)c(Cl)c1. The Hall–Kier alpha value is -3.25. The van der Waals surface area contributed by atoms with Gasteiger partial charge in [-0.2, -0.15) is 0 Å². The van der Waals surface area contributed by atoms with E-state index in [-0.39, 0.29) is 34.9 Å². The number of pyridine rings is 2. The summed E-state index contributed by atoms with van der Waals surface area (Å²) in [5.41, 5.74) is 9.22. The molecule has 3 unspecified atom stereocenters. The number of aryl methyl sites for hydroxylation is 2. The number of fused-ring (bicyclic) bond motifs is 2. The van der Waals surface area contributed by atoms with Gasteiger partial charge in [0.2, 0.25) is 0 Å². The van der Waals surface area contributed by atoms with Crippen LogP contribution in [0.15, 0.2) is 48.8 Å². The number of benzene rings is 1. The molecule has 1 aliphatic carbocycles. The van der Waals surface area contributed by atoms with Gasteiger partial charge in [0, 0.05) is 24.5 Å². The average molecular weight is 543 g/mol. The summed E-state index contributed by atoms with van der Waals surface area (Å²) in [7, 11) is 0. The molecule has 4 N–H and O–H groups in total. The van der Waals surface area contributed by atoms with Crippen LogP contribution in [0.1, 0.15) is 45.2 Å². The number of cyclic esters (lactones) is 1. The van der Waals surface area contributed by atoms with Crippen LogP contribution in [0.2, 0.25) is 5.02 Å². The van der Waals surface area contributed by atoms with Gasteiger partial charge in [0.1, 0.15) is 17.4 Å². The normalized spacial score (nSPS) is 19.3. The topological polar surface area (TPSA) is 117 Å². The van der Waals surface area contributed by atoms with E-state index in [1.165, 1.54) is 24.4 Å². The summed E-state index contributed by atoms with van der Waals surface area (Å²) < 4.78 is 19.0. The number of hydrazine groups is 1. The lowest BCUT2D eigenvalue weighted by Crippen LogP contribution is -2.43. The summed E-state index contributed by atoms with van der Waals surface area (Å²) >= 11 is 10.9. The van der Waals surface area contributed by atoms with Gasteiger partial charge < -0.3 is 15.5 Å². The number of halogens is 2. The number of hydrogen-bond donors (Lipinski definition) is 5. The molecule has 0 saturated carbocycles. The monoisotopic (exact) mass is 542 g/mol. The van der Waals surface area contributed by atoms with Gasteiger partial charge in [0.15, 0.2) is 5.82 Å². The molecule has 9 nitrogen and oxygen atoms in total. The smallest absolute Gasteiger partial charge is 0.328 e. The fourth-order valence-corrected chi connectivity index (χ4v) is 4.87. The van der Waals surface area contributed by atoms with E-state index in [9.17, 15) is 14.0 Å². The highest BCUT2D eigenvalue weighted by Gasteiger charge is 2.29. The number of anilines is 1. The standard InChI is InChI=1S/C25H24ClFN6O3S/c26-18-10-14(23(34)30-20-7-9-36-24(20)35)12-29-22(18)32-33-25(37)31-21-16-2-1-8-28-19(16)6-4-13-3-5-15(27)11-17(13)21/h1-3,5,8,10-12,20-21,25,31,33,37H,4,6-7,9H2,(H,29,32)(H,30,34). The molecular formula is C25H24ClFN6O3S. The van der Waals surface area contributed by atoms with Gasteiger partial charge >= 0.3 is 5.97 Å². The van der Waals surface area contributed by atoms with Crippen molar-refractivity contribution in [2.75, 3.05) is 12.0 Å². The second-order valence-corrected chi connectivity index (χ2v) is 9.61. The molecule has 2 aliphatic rings. The third-order valence-corrected chi connectivity index (χ3v) is 6.85. The van der Waals surface area contributed by atoms with Crippen molar-refractivity contribution in [1.82, 2.24) is 26.0 Å². The third-order valence-electron chi connectivity index (χ3n) is 6.28. The van der Waals surface area contributed by atoms with E-state index in [1.54, 1.807) is 6.20 Å². The molecule has 0 spiro atoms. The zero-order valence-corrected chi connectivity index (χ0v) is 21.2. The molecule has 1 amide bonds. The highest BCUT2D eigenvalue weighted by atomic mass is 35.5. The fourth-order valence-electron chi connectivity index (χ4n) is 4.44. The van der Waals surface area contributed by atoms with Crippen LogP contribution < -0.4 is 21.5 Å². The summed E-state index contributed by atoms with van der Waals surface area (Å²) in [6.07, 6.45) is 5.02. The van der Waals surface area contributed by atoms with E-state index in [2.05, 4.69) is 44.1 Å². The number of hydrogen-bond acceptors (Lipinski definition) is 9. The van der Waals surface area contributed by atoms with Crippen LogP contribution in [0.25, 0.3) is 0 Å². The molecule has 0 bridgehead atoms. The van der Waals surface area contributed by atoms with Crippen LogP contribution >= 0.6 is 24.2 Å². The molecule has 1 fully saturated rings. The Morgan fingerprint density at radius 1 is 1.19 bits per heavy atom. The number of carbonyl (C=O) groups is 2. The summed E-state index contributed by atoms with van der Waals surface area (Å²) in [6, 6.07) is 9.05. The molecule has 2 aromatic heterocycles. The third kappa shape index (κ3) is 5.69. The number of rotatable bonds is 7. The number of thiol groups is 1. The summed E-state index contributed by atoms with van der Waals surface area (Å²) in [4.78, 5) is 32.8. The van der Waals surface area contributed by atoms with E-state index in [0.29, 0.717) is 6.42 Å². The molecule has 12 heteroatoms. The number of nitrogens with one attached hydrogen (secondary N) is 4. The Labute approximate surface area is 222 Å². The van der Waals surface area contributed by atoms with Crippen molar-refractivity contribution in [3.8, 4) is 0 Å². The average Bonchev–Trinajstić information content (AvgIpc) is 3.23. The van der Waals surface area contributed by atoms with E-state index in [1.807, 2.05) is 18.2 Å². The maximum atomic E-state index is 14.2. The lowest BCUT2D eigenvalue weighted by atomic mass is 9.96. The molecule has 5 rings (SSSR count). The van der Waals surface area contributed by atoms with E-state index >= 15 is 0 Å². The lowest BCUT2D eigenvalue weighted by molar-refractivity contribution is -0.139. The molecule has 1 saturated heterocycles. The first-order valence-corrected chi connectivity index (χ1v) is 12.6. The van der Waals surface area contributed by atoms with Crippen LogP contribution in [0.3, 0.4) is 0 Å². The van der Waals surface area contributed by atoms with Gasteiger partial charge in [0.05, 0.1) is 23.2 Å². The summed E-state index contributed by atoms with van der Waals surface area (Å²) in [5, 5.41) is 6.16. The van der Waals surface area contributed by atoms with Crippen LogP contribution in [0.4, 0.5) is 10.2 Å². The van der Waals surface area contributed by atoms with Crippen molar-refractivity contribution in [3.05, 3.63) is 87.6 Å². The van der Waals surface area contributed by atoms with Gasteiger partial charge in [-0.3, -0.25) is 15.1 Å². The lowest BCUT2D eigenvalue weighted by Gasteiger charge is -2.26. The van der Waals surface area contributed by atoms with Gasteiger partial charge in [-0.1, -0.05) is 23.7 Å². The number of ether oxygens (including phenoxy) is 1. The van der Waals surface area contributed by atoms with Gasteiger partial charge in [-0.05, 0) is 53.8 Å². The Kier molecular flexibility index (Phi) is 7.56. The number of amides is 1. The minimum absolute atomic E-state index is 0.186.